The standard InChI is InChI=1S/C25H34N6O/c1-4-10-31(5-2)17-18-13-20(16-26-15-18)19-6-7-23-22(14-19)24(29-28-23)25(32)27-21-8-11-30(3)12-9-21/h6-7,13-16,21H,4-5,8-12,17H2,1-3H3,(H,27,32)(H,28,29). The summed E-state index contributed by atoms with van der Waals surface area (Å²) >= 11 is 0. The van der Waals surface area contributed by atoms with E-state index in [1.54, 1.807) is 0 Å². The van der Waals surface area contributed by atoms with Crippen molar-refractivity contribution >= 4 is 16.8 Å². The van der Waals surface area contributed by atoms with Crippen molar-refractivity contribution in [2.75, 3.05) is 33.2 Å². The van der Waals surface area contributed by atoms with E-state index in [1.165, 1.54) is 5.56 Å². The second kappa shape index (κ2) is 10.2. The first-order chi connectivity index (χ1) is 15.6. The molecule has 2 N–H and O–H groups in total. The van der Waals surface area contributed by atoms with Gasteiger partial charge in [-0.1, -0.05) is 19.9 Å². The van der Waals surface area contributed by atoms with Crippen LogP contribution in [0.4, 0.5) is 0 Å². The fourth-order valence-electron chi connectivity index (χ4n) is 4.43. The van der Waals surface area contributed by atoms with E-state index in [1.807, 2.05) is 24.5 Å². The first-order valence-electron chi connectivity index (χ1n) is 11.7. The molecule has 0 aliphatic carbocycles. The van der Waals surface area contributed by atoms with Crippen molar-refractivity contribution in [3.05, 3.63) is 47.9 Å². The molecule has 1 saturated heterocycles. The minimum Gasteiger partial charge on any atom is -0.348 e. The van der Waals surface area contributed by atoms with Gasteiger partial charge in [-0.2, -0.15) is 5.10 Å². The van der Waals surface area contributed by atoms with Crippen LogP contribution in [0.25, 0.3) is 22.0 Å². The zero-order chi connectivity index (χ0) is 22.5. The van der Waals surface area contributed by atoms with E-state index in [2.05, 4.69) is 63.3 Å². The molecule has 7 heteroatoms. The first kappa shape index (κ1) is 22.4. The highest BCUT2D eigenvalue weighted by atomic mass is 16.2. The lowest BCUT2D eigenvalue weighted by atomic mass is 10.0. The van der Waals surface area contributed by atoms with Crippen LogP contribution in [0.5, 0.6) is 0 Å². The van der Waals surface area contributed by atoms with Gasteiger partial charge >= 0.3 is 0 Å². The predicted molar refractivity (Wildman–Crippen MR) is 129 cm³/mol. The van der Waals surface area contributed by atoms with Gasteiger partial charge in [0, 0.05) is 35.9 Å². The molecule has 0 unspecified atom stereocenters. The highest BCUT2D eigenvalue weighted by molar-refractivity contribution is 6.05. The number of likely N-dealkylation sites (tertiary alicyclic amines) is 1. The van der Waals surface area contributed by atoms with E-state index in [0.717, 1.165) is 74.0 Å². The molecule has 2 aromatic heterocycles. The number of nitrogens with one attached hydrogen (secondary N) is 2. The lowest BCUT2D eigenvalue weighted by Gasteiger charge is -2.29. The van der Waals surface area contributed by atoms with Gasteiger partial charge in [0.1, 0.15) is 0 Å². The Morgan fingerprint density at radius 2 is 2.00 bits per heavy atom. The second-order valence-electron chi connectivity index (χ2n) is 8.83. The number of benzene rings is 1. The Morgan fingerprint density at radius 3 is 2.75 bits per heavy atom. The molecule has 7 nitrogen and oxygen atoms in total. The predicted octanol–water partition coefficient (Wildman–Crippen LogP) is 3.68. The molecule has 1 aromatic carbocycles. The number of nitrogens with zero attached hydrogens (tertiary/aromatic N) is 4. The van der Waals surface area contributed by atoms with Crippen LogP contribution in [-0.2, 0) is 6.54 Å². The summed E-state index contributed by atoms with van der Waals surface area (Å²) in [6, 6.07) is 8.51. The Bertz CT molecular complexity index is 1050. The second-order valence-corrected chi connectivity index (χ2v) is 8.83. The van der Waals surface area contributed by atoms with Crippen LogP contribution < -0.4 is 5.32 Å². The molecule has 32 heavy (non-hydrogen) atoms. The highest BCUT2D eigenvalue weighted by Gasteiger charge is 2.22. The fraction of sp³-hybridized carbons (Fsp3) is 0.480. The Balaban J connectivity index is 1.55. The van der Waals surface area contributed by atoms with Crippen molar-refractivity contribution in [2.24, 2.45) is 0 Å². The van der Waals surface area contributed by atoms with E-state index in [-0.39, 0.29) is 11.9 Å². The van der Waals surface area contributed by atoms with Crippen LogP contribution in [0, 0.1) is 0 Å². The fourth-order valence-corrected chi connectivity index (χ4v) is 4.43. The van der Waals surface area contributed by atoms with Gasteiger partial charge in [-0.25, -0.2) is 0 Å². The number of aromatic amines is 1. The van der Waals surface area contributed by atoms with Gasteiger partial charge in [-0.3, -0.25) is 19.8 Å². The van der Waals surface area contributed by atoms with Gasteiger partial charge in [-0.05, 0) is 81.8 Å². The number of aromatic nitrogens is 3. The van der Waals surface area contributed by atoms with Crippen molar-refractivity contribution in [1.29, 1.82) is 0 Å². The average Bonchev–Trinajstić information content (AvgIpc) is 3.24. The average molecular weight is 435 g/mol. The third-order valence-electron chi connectivity index (χ3n) is 6.35. The normalized spacial score (nSPS) is 15.5. The largest absolute Gasteiger partial charge is 0.348 e. The molecule has 1 aliphatic heterocycles. The molecular formula is C25H34N6O. The van der Waals surface area contributed by atoms with Gasteiger partial charge in [0.05, 0.1) is 5.52 Å². The van der Waals surface area contributed by atoms with Crippen LogP contribution >= 0.6 is 0 Å². The smallest absolute Gasteiger partial charge is 0.272 e. The number of fused-ring (bicyclic) bond motifs is 1. The zero-order valence-electron chi connectivity index (χ0n) is 19.4. The molecule has 1 fully saturated rings. The zero-order valence-corrected chi connectivity index (χ0v) is 19.4. The van der Waals surface area contributed by atoms with Gasteiger partial charge in [-0.15, -0.1) is 0 Å². The Morgan fingerprint density at radius 1 is 1.19 bits per heavy atom. The molecule has 0 spiro atoms. The van der Waals surface area contributed by atoms with Crippen LogP contribution in [-0.4, -0.2) is 70.2 Å². The highest BCUT2D eigenvalue weighted by Crippen LogP contribution is 2.26. The molecule has 4 rings (SSSR count). The number of rotatable bonds is 8. The van der Waals surface area contributed by atoms with Gasteiger partial charge in [0.25, 0.3) is 5.91 Å². The van der Waals surface area contributed by atoms with E-state index >= 15 is 0 Å². The van der Waals surface area contributed by atoms with Crippen LogP contribution in [0.15, 0.2) is 36.7 Å². The minimum atomic E-state index is -0.104. The number of carbonyl (C=O) groups is 1. The minimum absolute atomic E-state index is 0.104. The lowest BCUT2D eigenvalue weighted by molar-refractivity contribution is 0.0913. The number of amides is 1. The molecule has 3 aromatic rings. The third kappa shape index (κ3) is 5.16. The summed E-state index contributed by atoms with van der Waals surface area (Å²) in [5, 5.41) is 11.4. The van der Waals surface area contributed by atoms with Crippen molar-refractivity contribution in [2.45, 2.75) is 45.7 Å². The number of hydrogen-bond donors (Lipinski definition) is 2. The molecule has 3 heterocycles. The number of hydrogen-bond acceptors (Lipinski definition) is 5. The lowest BCUT2D eigenvalue weighted by Crippen LogP contribution is -2.43. The maximum absolute atomic E-state index is 13.0. The van der Waals surface area contributed by atoms with Crippen molar-refractivity contribution < 1.29 is 4.79 Å². The maximum atomic E-state index is 13.0. The van der Waals surface area contributed by atoms with Crippen LogP contribution in [0.2, 0.25) is 0 Å². The molecule has 170 valence electrons. The van der Waals surface area contributed by atoms with Crippen molar-refractivity contribution in [3.8, 4) is 11.1 Å². The summed E-state index contributed by atoms with van der Waals surface area (Å²) in [6.07, 6.45) is 6.92. The Kier molecular flexibility index (Phi) is 7.17. The van der Waals surface area contributed by atoms with E-state index in [0.29, 0.717) is 5.69 Å². The molecule has 1 aliphatic rings. The van der Waals surface area contributed by atoms with Crippen LogP contribution in [0.1, 0.15) is 49.2 Å². The summed E-state index contributed by atoms with van der Waals surface area (Å²) < 4.78 is 0. The first-order valence-corrected chi connectivity index (χ1v) is 11.7. The molecule has 0 atom stereocenters. The summed E-state index contributed by atoms with van der Waals surface area (Å²) in [7, 11) is 2.12. The topological polar surface area (TPSA) is 77.1 Å². The van der Waals surface area contributed by atoms with E-state index < -0.39 is 0 Å². The SMILES string of the molecule is CCCN(CC)Cc1cncc(-c2ccc3[nH]nc(C(=O)NC4CCN(C)CC4)c3c2)c1. The number of pyridine rings is 1. The Hall–Kier alpha value is -2.77. The molecular weight excluding hydrogens is 400 g/mol. The van der Waals surface area contributed by atoms with E-state index in [9.17, 15) is 4.79 Å². The quantitative estimate of drug-likeness (QED) is 0.566. The number of piperidine rings is 1. The van der Waals surface area contributed by atoms with Crippen molar-refractivity contribution in [1.82, 2.24) is 30.3 Å². The van der Waals surface area contributed by atoms with Gasteiger partial charge in [0.2, 0.25) is 0 Å². The Labute approximate surface area is 190 Å². The number of carbonyl (C=O) groups excluding carboxylic acids is 1. The van der Waals surface area contributed by atoms with E-state index in [4.69, 9.17) is 0 Å². The molecule has 0 radical (unpaired) electrons. The van der Waals surface area contributed by atoms with Gasteiger partial charge in [0.15, 0.2) is 5.69 Å². The van der Waals surface area contributed by atoms with Crippen LogP contribution in [0.3, 0.4) is 0 Å². The summed E-state index contributed by atoms with van der Waals surface area (Å²) in [4.78, 5) is 22.2. The monoisotopic (exact) mass is 434 g/mol. The van der Waals surface area contributed by atoms with Gasteiger partial charge < -0.3 is 10.2 Å². The summed E-state index contributed by atoms with van der Waals surface area (Å²) in [6.45, 7) is 9.41. The molecule has 0 bridgehead atoms. The third-order valence-corrected chi connectivity index (χ3v) is 6.35. The van der Waals surface area contributed by atoms with Crippen molar-refractivity contribution in [3.63, 3.8) is 0 Å². The molecule has 0 saturated carbocycles. The molecule has 1 amide bonds. The summed E-state index contributed by atoms with van der Waals surface area (Å²) in [5.74, 6) is -0.104. The summed E-state index contributed by atoms with van der Waals surface area (Å²) in [5.41, 5.74) is 4.63. The number of H-pyrrole nitrogens is 1. The maximum Gasteiger partial charge on any atom is 0.272 e.